The number of benzene rings is 1. The molecule has 0 spiro atoms. The molecule has 2 N–H and O–H groups in total. The normalized spacial score (nSPS) is 17.9. The lowest BCUT2D eigenvalue weighted by atomic mass is 9.89. The van der Waals surface area contributed by atoms with Crippen molar-refractivity contribution in [1.82, 2.24) is 0 Å². The van der Waals surface area contributed by atoms with E-state index < -0.39 is 0 Å². The highest BCUT2D eigenvalue weighted by atomic mass is 16.6. The molecule has 0 aliphatic carbocycles. The zero-order chi connectivity index (χ0) is 11.5. The van der Waals surface area contributed by atoms with Crippen LogP contribution < -0.4 is 15.2 Å². The van der Waals surface area contributed by atoms with Crippen LogP contribution in [0.4, 0.5) is 0 Å². The summed E-state index contributed by atoms with van der Waals surface area (Å²) in [6.45, 7) is 6.35. The smallest absolute Gasteiger partial charge is 0.161 e. The van der Waals surface area contributed by atoms with E-state index >= 15 is 0 Å². The fraction of sp³-hybridized carbons (Fsp3) is 0.538. The van der Waals surface area contributed by atoms with E-state index in [0.717, 1.165) is 11.5 Å². The Balaban J connectivity index is 2.22. The molecule has 3 heteroatoms. The van der Waals surface area contributed by atoms with Crippen molar-refractivity contribution in [2.45, 2.75) is 19.8 Å². The second-order valence-electron chi connectivity index (χ2n) is 4.40. The minimum atomic E-state index is 0.445. The Morgan fingerprint density at radius 3 is 2.56 bits per heavy atom. The first-order valence-electron chi connectivity index (χ1n) is 5.82. The van der Waals surface area contributed by atoms with Gasteiger partial charge < -0.3 is 15.2 Å². The standard InChI is InChI=1S/C13H19NO2/c1-9(8-14)10(2)11-3-4-12-13(7-11)16-6-5-15-12/h3-4,7,9-10H,5-6,8,14H2,1-2H3. The number of nitrogens with two attached hydrogens (primary N) is 1. The molecule has 0 amide bonds. The molecule has 88 valence electrons. The van der Waals surface area contributed by atoms with Gasteiger partial charge in [-0.25, -0.2) is 0 Å². The van der Waals surface area contributed by atoms with E-state index in [-0.39, 0.29) is 0 Å². The van der Waals surface area contributed by atoms with Crippen LogP contribution in [-0.2, 0) is 0 Å². The highest BCUT2D eigenvalue weighted by molar-refractivity contribution is 5.44. The lowest BCUT2D eigenvalue weighted by Crippen LogP contribution is -2.18. The summed E-state index contributed by atoms with van der Waals surface area (Å²) >= 11 is 0. The van der Waals surface area contributed by atoms with E-state index in [1.165, 1.54) is 5.56 Å². The summed E-state index contributed by atoms with van der Waals surface area (Å²) in [5.41, 5.74) is 6.96. The van der Waals surface area contributed by atoms with Gasteiger partial charge in [0.2, 0.25) is 0 Å². The molecule has 3 nitrogen and oxygen atoms in total. The van der Waals surface area contributed by atoms with Crippen molar-refractivity contribution in [2.75, 3.05) is 19.8 Å². The van der Waals surface area contributed by atoms with Crippen LogP contribution in [0, 0.1) is 5.92 Å². The SMILES string of the molecule is CC(CN)C(C)c1ccc2c(c1)OCCO2. The summed E-state index contributed by atoms with van der Waals surface area (Å²) in [7, 11) is 0. The van der Waals surface area contributed by atoms with Crippen LogP contribution in [0.2, 0.25) is 0 Å². The van der Waals surface area contributed by atoms with E-state index in [0.29, 0.717) is 31.6 Å². The summed E-state index contributed by atoms with van der Waals surface area (Å²) in [5.74, 6) is 2.63. The van der Waals surface area contributed by atoms with Crippen LogP contribution in [0.3, 0.4) is 0 Å². The minimum absolute atomic E-state index is 0.445. The van der Waals surface area contributed by atoms with E-state index in [2.05, 4.69) is 26.0 Å². The molecule has 2 atom stereocenters. The average Bonchev–Trinajstić information content (AvgIpc) is 2.36. The molecule has 1 heterocycles. The molecule has 0 radical (unpaired) electrons. The lowest BCUT2D eigenvalue weighted by molar-refractivity contribution is 0.171. The van der Waals surface area contributed by atoms with E-state index in [1.54, 1.807) is 0 Å². The maximum Gasteiger partial charge on any atom is 0.161 e. The molecule has 0 fully saturated rings. The molecule has 0 saturated carbocycles. The molecule has 2 unspecified atom stereocenters. The molecule has 1 aromatic rings. The third kappa shape index (κ3) is 2.14. The largest absolute Gasteiger partial charge is 0.486 e. The van der Waals surface area contributed by atoms with E-state index in [1.807, 2.05) is 6.07 Å². The van der Waals surface area contributed by atoms with Crippen molar-refractivity contribution >= 4 is 0 Å². The van der Waals surface area contributed by atoms with Crippen LogP contribution in [-0.4, -0.2) is 19.8 Å². The molecular formula is C13H19NO2. The summed E-state index contributed by atoms with van der Waals surface area (Å²) in [6.07, 6.45) is 0. The maximum atomic E-state index is 5.69. The highest BCUT2D eigenvalue weighted by Crippen LogP contribution is 2.34. The summed E-state index contributed by atoms with van der Waals surface area (Å²) < 4.78 is 11.1. The van der Waals surface area contributed by atoms with Crippen molar-refractivity contribution in [3.05, 3.63) is 23.8 Å². The maximum absolute atomic E-state index is 5.69. The molecule has 16 heavy (non-hydrogen) atoms. The minimum Gasteiger partial charge on any atom is -0.486 e. The van der Waals surface area contributed by atoms with E-state index in [9.17, 15) is 0 Å². The van der Waals surface area contributed by atoms with Gasteiger partial charge in [0.05, 0.1) is 0 Å². The van der Waals surface area contributed by atoms with Gasteiger partial charge in [-0.3, -0.25) is 0 Å². The molecule has 0 bridgehead atoms. The van der Waals surface area contributed by atoms with Crippen molar-refractivity contribution in [2.24, 2.45) is 11.7 Å². The molecule has 1 aliphatic heterocycles. The van der Waals surface area contributed by atoms with Crippen LogP contribution in [0.25, 0.3) is 0 Å². The Morgan fingerprint density at radius 2 is 1.88 bits per heavy atom. The predicted molar refractivity (Wildman–Crippen MR) is 64.1 cm³/mol. The number of rotatable bonds is 3. The van der Waals surface area contributed by atoms with Gasteiger partial charge in [-0.15, -0.1) is 0 Å². The number of hydrogen-bond acceptors (Lipinski definition) is 3. The van der Waals surface area contributed by atoms with Crippen LogP contribution in [0.1, 0.15) is 25.3 Å². The fourth-order valence-electron chi connectivity index (χ4n) is 1.88. The summed E-state index contributed by atoms with van der Waals surface area (Å²) in [4.78, 5) is 0. The van der Waals surface area contributed by atoms with Gasteiger partial charge in [0, 0.05) is 0 Å². The quantitative estimate of drug-likeness (QED) is 0.850. The van der Waals surface area contributed by atoms with E-state index in [4.69, 9.17) is 15.2 Å². The van der Waals surface area contributed by atoms with Crippen molar-refractivity contribution in [3.8, 4) is 11.5 Å². The van der Waals surface area contributed by atoms with Gasteiger partial charge in [0.1, 0.15) is 13.2 Å². The summed E-state index contributed by atoms with van der Waals surface area (Å²) in [5, 5.41) is 0. The molecule has 1 aliphatic rings. The molecule has 0 aromatic heterocycles. The van der Waals surface area contributed by atoms with Gasteiger partial charge in [0.25, 0.3) is 0 Å². The monoisotopic (exact) mass is 221 g/mol. The van der Waals surface area contributed by atoms with Gasteiger partial charge in [-0.1, -0.05) is 19.9 Å². The van der Waals surface area contributed by atoms with Gasteiger partial charge >= 0.3 is 0 Å². The van der Waals surface area contributed by atoms with Gasteiger partial charge in [-0.05, 0) is 36.1 Å². The average molecular weight is 221 g/mol. The third-order valence-corrected chi connectivity index (χ3v) is 3.32. The lowest BCUT2D eigenvalue weighted by Gasteiger charge is -2.22. The zero-order valence-electron chi connectivity index (χ0n) is 9.90. The van der Waals surface area contributed by atoms with Crippen molar-refractivity contribution in [1.29, 1.82) is 0 Å². The number of hydrogen-bond donors (Lipinski definition) is 1. The molecule has 2 rings (SSSR count). The first kappa shape index (κ1) is 11.3. The Bertz CT molecular complexity index is 365. The number of fused-ring (bicyclic) bond motifs is 1. The second-order valence-corrected chi connectivity index (χ2v) is 4.40. The second kappa shape index (κ2) is 4.74. The zero-order valence-corrected chi connectivity index (χ0v) is 9.90. The topological polar surface area (TPSA) is 44.5 Å². The first-order chi connectivity index (χ1) is 7.72. The molecule has 1 aromatic carbocycles. The third-order valence-electron chi connectivity index (χ3n) is 3.32. The Hall–Kier alpha value is -1.22. The van der Waals surface area contributed by atoms with Gasteiger partial charge in [-0.2, -0.15) is 0 Å². The molecule has 0 saturated heterocycles. The Morgan fingerprint density at radius 1 is 1.19 bits per heavy atom. The van der Waals surface area contributed by atoms with Crippen molar-refractivity contribution < 1.29 is 9.47 Å². The van der Waals surface area contributed by atoms with Crippen LogP contribution in [0.5, 0.6) is 11.5 Å². The van der Waals surface area contributed by atoms with Crippen LogP contribution >= 0.6 is 0 Å². The van der Waals surface area contributed by atoms with Gasteiger partial charge in [0.15, 0.2) is 11.5 Å². The summed E-state index contributed by atoms with van der Waals surface area (Å²) in [6, 6.07) is 6.17. The Labute approximate surface area is 96.5 Å². The van der Waals surface area contributed by atoms with Crippen LogP contribution in [0.15, 0.2) is 18.2 Å². The number of ether oxygens (including phenoxy) is 2. The van der Waals surface area contributed by atoms with Crippen molar-refractivity contribution in [3.63, 3.8) is 0 Å². The highest BCUT2D eigenvalue weighted by Gasteiger charge is 2.17. The Kier molecular flexibility index (Phi) is 3.34. The predicted octanol–water partition coefficient (Wildman–Crippen LogP) is 2.16. The molecular weight excluding hydrogens is 202 g/mol. The fourth-order valence-corrected chi connectivity index (χ4v) is 1.88. The first-order valence-corrected chi connectivity index (χ1v) is 5.82.